The van der Waals surface area contributed by atoms with Crippen molar-refractivity contribution in [1.82, 2.24) is 19.7 Å². The van der Waals surface area contributed by atoms with Gasteiger partial charge >= 0.3 is 0 Å². The van der Waals surface area contributed by atoms with Crippen LogP contribution in [0.5, 0.6) is 0 Å². The van der Waals surface area contributed by atoms with Gasteiger partial charge in [0.2, 0.25) is 0 Å². The second-order valence-corrected chi connectivity index (χ2v) is 12.1. The van der Waals surface area contributed by atoms with Gasteiger partial charge in [0.05, 0.1) is 11.3 Å². The highest BCUT2D eigenvalue weighted by atomic mass is 32.2. The van der Waals surface area contributed by atoms with E-state index in [2.05, 4.69) is 52.2 Å². The number of aromatic nitrogens is 3. The van der Waals surface area contributed by atoms with Crippen molar-refractivity contribution in [3.05, 3.63) is 59.9 Å². The molecular weight excluding hydrogens is 500 g/mol. The van der Waals surface area contributed by atoms with E-state index in [1.54, 1.807) is 37.4 Å². The molecule has 0 aromatic carbocycles. The first-order valence-electron chi connectivity index (χ1n) is 12.9. The van der Waals surface area contributed by atoms with Gasteiger partial charge < -0.3 is 9.80 Å². The first kappa shape index (κ1) is 27.5. The van der Waals surface area contributed by atoms with E-state index < -0.39 is 15.9 Å². The zero-order chi connectivity index (χ0) is 27.6. The largest absolute Gasteiger partial charge is 0.359 e. The highest BCUT2D eigenvalue weighted by Crippen LogP contribution is 2.33. The number of carbonyl (C=O) groups is 1. The Hall–Kier alpha value is -3.53. The summed E-state index contributed by atoms with van der Waals surface area (Å²) < 4.78 is 28.1. The molecule has 2 atom stereocenters. The summed E-state index contributed by atoms with van der Waals surface area (Å²) in [5.41, 5.74) is 2.22. The predicted octanol–water partition coefficient (Wildman–Crippen LogP) is 4.44. The Morgan fingerprint density at radius 1 is 1.08 bits per heavy atom. The Morgan fingerprint density at radius 2 is 1.79 bits per heavy atom. The molecule has 1 fully saturated rings. The number of anilines is 2. The lowest BCUT2D eigenvalue weighted by atomic mass is 10.1. The standard InChI is InChI=1S/C28H36N6O3S/c1-18(2)17-33(6)25-15-12-22(16-29-25)24-14-13-23(27(31-24)34-20(4)10-11-21(34)5)28(35)32-38(36,37)26-9-7-8-19(3)30-26/h7-9,12-16,18,20-21H,10-11,17H2,1-6H3,(H,32,35)/t20-,21+. The minimum Gasteiger partial charge on any atom is -0.359 e. The Bertz CT molecular complexity index is 1400. The van der Waals surface area contributed by atoms with Crippen molar-refractivity contribution in [2.45, 2.75) is 64.6 Å². The number of sulfonamides is 1. The Balaban J connectivity index is 1.69. The molecule has 4 heterocycles. The third-order valence-corrected chi connectivity index (χ3v) is 7.99. The summed E-state index contributed by atoms with van der Waals surface area (Å²) in [5.74, 6) is 1.11. The lowest BCUT2D eigenvalue weighted by Gasteiger charge is -2.29. The van der Waals surface area contributed by atoms with E-state index in [9.17, 15) is 13.2 Å². The fraction of sp³-hybridized carbons (Fsp3) is 0.429. The molecule has 3 aromatic rings. The van der Waals surface area contributed by atoms with Crippen LogP contribution < -0.4 is 14.5 Å². The maximum atomic E-state index is 13.4. The second-order valence-electron chi connectivity index (χ2n) is 10.5. The van der Waals surface area contributed by atoms with E-state index in [4.69, 9.17) is 4.98 Å². The topological polar surface area (TPSA) is 108 Å². The van der Waals surface area contributed by atoms with Crippen molar-refractivity contribution < 1.29 is 13.2 Å². The van der Waals surface area contributed by atoms with Gasteiger partial charge in [-0.1, -0.05) is 19.9 Å². The first-order chi connectivity index (χ1) is 18.0. The quantitative estimate of drug-likeness (QED) is 0.450. The number of carbonyl (C=O) groups excluding carboxylic acids is 1. The maximum absolute atomic E-state index is 13.4. The molecule has 9 nitrogen and oxygen atoms in total. The van der Waals surface area contributed by atoms with E-state index >= 15 is 0 Å². The number of hydrogen-bond acceptors (Lipinski definition) is 8. The predicted molar refractivity (Wildman–Crippen MR) is 150 cm³/mol. The van der Waals surface area contributed by atoms with Crippen LogP contribution in [-0.2, 0) is 10.0 Å². The van der Waals surface area contributed by atoms with Gasteiger partial charge in [-0.15, -0.1) is 0 Å². The summed E-state index contributed by atoms with van der Waals surface area (Å²) in [6, 6.07) is 12.3. The van der Waals surface area contributed by atoms with Gasteiger partial charge in [0, 0.05) is 43.1 Å². The Labute approximate surface area is 225 Å². The summed E-state index contributed by atoms with van der Waals surface area (Å²) in [6.07, 6.45) is 3.69. The molecule has 0 unspecified atom stereocenters. The van der Waals surface area contributed by atoms with Crippen LogP contribution >= 0.6 is 0 Å². The molecule has 1 aliphatic heterocycles. The number of amides is 1. The molecule has 10 heteroatoms. The molecule has 1 N–H and O–H groups in total. The first-order valence-corrected chi connectivity index (χ1v) is 14.4. The molecule has 0 aliphatic carbocycles. The normalized spacial score (nSPS) is 17.6. The van der Waals surface area contributed by atoms with Crippen LogP contribution in [0.4, 0.5) is 11.6 Å². The summed E-state index contributed by atoms with van der Waals surface area (Å²) >= 11 is 0. The molecular formula is C28H36N6O3S. The third kappa shape index (κ3) is 5.96. The molecule has 38 heavy (non-hydrogen) atoms. The molecule has 0 spiro atoms. The molecule has 4 rings (SSSR count). The minimum absolute atomic E-state index is 0.152. The van der Waals surface area contributed by atoms with E-state index in [1.165, 1.54) is 6.07 Å². The average molecular weight is 537 g/mol. The zero-order valence-electron chi connectivity index (χ0n) is 22.8. The van der Waals surface area contributed by atoms with Crippen molar-refractivity contribution in [1.29, 1.82) is 0 Å². The van der Waals surface area contributed by atoms with E-state index in [1.807, 2.05) is 19.2 Å². The smallest absolute Gasteiger partial charge is 0.281 e. The molecule has 1 saturated heterocycles. The van der Waals surface area contributed by atoms with Gasteiger partial charge in [0.25, 0.3) is 15.9 Å². The SMILES string of the molecule is Cc1cccc(S(=O)(=O)NC(=O)c2ccc(-c3ccc(N(C)CC(C)C)nc3)nc2N2[C@H](C)CC[C@@H]2C)n1. The highest BCUT2D eigenvalue weighted by Gasteiger charge is 2.33. The van der Waals surface area contributed by atoms with E-state index in [-0.39, 0.29) is 22.7 Å². The number of nitrogens with one attached hydrogen (secondary N) is 1. The van der Waals surface area contributed by atoms with Crippen molar-refractivity contribution in [2.75, 3.05) is 23.4 Å². The van der Waals surface area contributed by atoms with Gasteiger partial charge in [-0.05, 0) is 75.9 Å². The van der Waals surface area contributed by atoms with Gasteiger partial charge in [-0.25, -0.2) is 19.7 Å². The fourth-order valence-corrected chi connectivity index (χ4v) is 5.88. The van der Waals surface area contributed by atoms with Crippen LogP contribution in [-0.4, -0.2) is 55.0 Å². The third-order valence-electron chi connectivity index (χ3n) is 6.76. The molecule has 1 amide bonds. The zero-order valence-corrected chi connectivity index (χ0v) is 23.7. The van der Waals surface area contributed by atoms with Crippen LogP contribution in [0, 0.1) is 12.8 Å². The summed E-state index contributed by atoms with van der Waals surface area (Å²) in [5, 5.41) is -0.200. The lowest BCUT2D eigenvalue weighted by molar-refractivity contribution is 0.0981. The maximum Gasteiger partial charge on any atom is 0.281 e. The van der Waals surface area contributed by atoms with Gasteiger partial charge in [0.15, 0.2) is 5.03 Å². The van der Waals surface area contributed by atoms with Crippen LogP contribution in [0.1, 0.15) is 56.6 Å². The fourth-order valence-electron chi connectivity index (χ4n) is 4.90. The van der Waals surface area contributed by atoms with E-state index in [0.717, 1.165) is 30.8 Å². The summed E-state index contributed by atoms with van der Waals surface area (Å²) in [7, 11) is -2.14. The molecule has 0 saturated carbocycles. The Morgan fingerprint density at radius 3 is 2.39 bits per heavy atom. The number of aryl methyl sites for hydroxylation is 1. The Kier molecular flexibility index (Phi) is 8.01. The number of hydrogen-bond donors (Lipinski definition) is 1. The average Bonchev–Trinajstić information content (AvgIpc) is 3.20. The molecule has 1 aliphatic rings. The van der Waals surface area contributed by atoms with Crippen LogP contribution in [0.2, 0.25) is 0 Å². The molecule has 0 bridgehead atoms. The minimum atomic E-state index is -4.15. The monoisotopic (exact) mass is 536 g/mol. The summed E-state index contributed by atoms with van der Waals surface area (Å²) in [6.45, 7) is 11.1. The van der Waals surface area contributed by atoms with Gasteiger partial charge in [-0.3, -0.25) is 4.79 Å². The van der Waals surface area contributed by atoms with Crippen LogP contribution in [0.3, 0.4) is 0 Å². The van der Waals surface area contributed by atoms with Crippen molar-refractivity contribution >= 4 is 27.6 Å². The van der Waals surface area contributed by atoms with E-state index in [0.29, 0.717) is 23.1 Å². The second kappa shape index (κ2) is 11.1. The number of rotatable bonds is 8. The van der Waals surface area contributed by atoms with Crippen molar-refractivity contribution in [2.24, 2.45) is 5.92 Å². The summed E-state index contributed by atoms with van der Waals surface area (Å²) in [4.78, 5) is 31.1. The molecule has 3 aromatic heterocycles. The van der Waals surface area contributed by atoms with Crippen LogP contribution in [0.25, 0.3) is 11.3 Å². The lowest BCUT2D eigenvalue weighted by Crippen LogP contribution is -2.37. The highest BCUT2D eigenvalue weighted by molar-refractivity contribution is 7.90. The molecule has 0 radical (unpaired) electrons. The van der Waals surface area contributed by atoms with Crippen molar-refractivity contribution in [3.63, 3.8) is 0 Å². The van der Waals surface area contributed by atoms with Gasteiger partial charge in [0.1, 0.15) is 11.6 Å². The number of pyridine rings is 3. The van der Waals surface area contributed by atoms with Crippen molar-refractivity contribution in [3.8, 4) is 11.3 Å². The number of nitrogens with zero attached hydrogens (tertiary/aromatic N) is 5. The van der Waals surface area contributed by atoms with Gasteiger partial charge in [-0.2, -0.15) is 8.42 Å². The molecule has 202 valence electrons. The van der Waals surface area contributed by atoms with Crippen LogP contribution in [0.15, 0.2) is 53.7 Å².